The fourth-order valence-corrected chi connectivity index (χ4v) is 3.38. The van der Waals surface area contributed by atoms with Gasteiger partial charge in [0.05, 0.1) is 11.6 Å². The number of hydrogen-bond donors (Lipinski definition) is 1. The normalized spacial score (nSPS) is 16.0. The molecule has 1 aliphatic rings. The largest absolute Gasteiger partial charge is 0.455 e. The molecule has 2 aromatic rings. The summed E-state index contributed by atoms with van der Waals surface area (Å²) in [5.74, 6) is -2.82. The smallest absolute Gasteiger partial charge is 0.311 e. The number of carbonyl (C=O) groups excluding carboxylic acids is 3. The lowest BCUT2D eigenvalue weighted by atomic mass is 10.1. The van der Waals surface area contributed by atoms with Crippen LogP contribution in [-0.2, 0) is 25.5 Å². The Hall–Kier alpha value is -2.93. The molecule has 0 aliphatic carbocycles. The zero-order valence-corrected chi connectivity index (χ0v) is 16.5. The summed E-state index contributed by atoms with van der Waals surface area (Å²) < 4.78 is 18.7. The summed E-state index contributed by atoms with van der Waals surface area (Å²) in [6, 6.07) is 11.3. The molecule has 1 aliphatic heterocycles. The lowest BCUT2D eigenvalue weighted by molar-refractivity contribution is -0.151. The van der Waals surface area contributed by atoms with Crippen molar-refractivity contribution in [2.45, 2.75) is 19.8 Å². The molecule has 3 rings (SSSR count). The zero-order valence-electron chi connectivity index (χ0n) is 15.8. The average Bonchev–Trinajstić information content (AvgIpc) is 3.10. The van der Waals surface area contributed by atoms with Crippen LogP contribution >= 0.6 is 11.6 Å². The van der Waals surface area contributed by atoms with E-state index in [9.17, 15) is 18.8 Å². The summed E-state index contributed by atoms with van der Waals surface area (Å²) in [6.07, 6.45) is 0.775. The molecule has 2 amide bonds. The molecule has 1 heterocycles. The molecule has 0 spiro atoms. The van der Waals surface area contributed by atoms with Gasteiger partial charge in [-0.2, -0.15) is 0 Å². The van der Waals surface area contributed by atoms with E-state index >= 15 is 0 Å². The van der Waals surface area contributed by atoms with Crippen LogP contribution in [0.15, 0.2) is 42.5 Å². The number of rotatable bonds is 6. The number of hydrogen-bond acceptors (Lipinski definition) is 4. The summed E-state index contributed by atoms with van der Waals surface area (Å²) in [6.45, 7) is 1.60. The van der Waals surface area contributed by atoms with Crippen LogP contribution in [0, 0.1) is 11.7 Å². The molecule has 0 bridgehead atoms. The lowest BCUT2D eigenvalue weighted by Crippen LogP contribution is -2.28. The number of nitrogens with one attached hydrogen (secondary N) is 1. The van der Waals surface area contributed by atoms with Gasteiger partial charge < -0.3 is 15.0 Å². The van der Waals surface area contributed by atoms with Gasteiger partial charge in [-0.25, -0.2) is 4.39 Å². The summed E-state index contributed by atoms with van der Waals surface area (Å²) in [7, 11) is 0. The van der Waals surface area contributed by atoms with Crippen molar-refractivity contribution in [3.63, 3.8) is 0 Å². The van der Waals surface area contributed by atoms with Gasteiger partial charge >= 0.3 is 5.97 Å². The van der Waals surface area contributed by atoms with Crippen molar-refractivity contribution in [3.05, 3.63) is 58.9 Å². The van der Waals surface area contributed by atoms with Crippen molar-refractivity contribution < 1.29 is 23.5 Å². The minimum atomic E-state index is -0.697. The molecule has 0 radical (unpaired) electrons. The van der Waals surface area contributed by atoms with Crippen LogP contribution < -0.4 is 10.2 Å². The molecular weight excluding hydrogens is 399 g/mol. The Morgan fingerprint density at radius 2 is 2.03 bits per heavy atom. The molecule has 0 saturated carbocycles. The number of ether oxygens (including phenoxy) is 1. The van der Waals surface area contributed by atoms with Crippen molar-refractivity contribution in [2.24, 2.45) is 5.92 Å². The van der Waals surface area contributed by atoms with Gasteiger partial charge in [-0.15, -0.1) is 0 Å². The number of benzene rings is 2. The molecular formula is C21H20ClFN2O4. The lowest BCUT2D eigenvalue weighted by Gasteiger charge is -2.19. The predicted octanol–water partition coefficient (Wildman–Crippen LogP) is 3.58. The van der Waals surface area contributed by atoms with E-state index < -0.39 is 30.2 Å². The number of carbonyl (C=O) groups is 3. The van der Waals surface area contributed by atoms with E-state index in [0.717, 1.165) is 23.7 Å². The molecule has 152 valence electrons. The topological polar surface area (TPSA) is 75.7 Å². The van der Waals surface area contributed by atoms with E-state index in [1.54, 1.807) is 4.90 Å². The first kappa shape index (κ1) is 20.8. The van der Waals surface area contributed by atoms with E-state index in [1.807, 2.05) is 31.2 Å². The number of nitrogens with zero attached hydrogens (tertiary/aromatic N) is 1. The number of esters is 1. The molecule has 6 nitrogen and oxygen atoms in total. The second kappa shape index (κ2) is 9.05. The SMILES string of the molecule is CCc1ccccc1N1C[C@@H](C(=O)OCC(=O)Nc2cc(Cl)ccc2F)CC1=O. The van der Waals surface area contributed by atoms with Gasteiger partial charge in [0.15, 0.2) is 6.61 Å². The molecule has 0 aromatic heterocycles. The minimum Gasteiger partial charge on any atom is -0.455 e. The van der Waals surface area contributed by atoms with Gasteiger partial charge in [-0.3, -0.25) is 14.4 Å². The van der Waals surface area contributed by atoms with Crippen molar-refractivity contribution in [1.82, 2.24) is 0 Å². The third-order valence-electron chi connectivity index (χ3n) is 4.67. The maximum Gasteiger partial charge on any atom is 0.311 e. The quantitative estimate of drug-likeness (QED) is 0.727. The van der Waals surface area contributed by atoms with Crippen LogP contribution in [0.4, 0.5) is 15.8 Å². The Morgan fingerprint density at radius 1 is 1.28 bits per heavy atom. The third kappa shape index (κ3) is 4.92. The van der Waals surface area contributed by atoms with E-state index in [-0.39, 0.29) is 29.6 Å². The van der Waals surface area contributed by atoms with Gasteiger partial charge in [0.2, 0.25) is 5.91 Å². The highest BCUT2D eigenvalue weighted by molar-refractivity contribution is 6.30. The standard InChI is InChI=1S/C21H20ClFN2O4/c1-2-13-5-3-4-6-18(13)25-11-14(9-20(25)27)21(28)29-12-19(26)24-17-10-15(22)7-8-16(17)23/h3-8,10,14H,2,9,11-12H2,1H3,(H,24,26)/t14-/m0/s1. The number of para-hydroxylation sites is 1. The van der Waals surface area contributed by atoms with Crippen molar-refractivity contribution >= 4 is 40.8 Å². The van der Waals surface area contributed by atoms with Crippen molar-refractivity contribution in [2.75, 3.05) is 23.4 Å². The summed E-state index contributed by atoms with van der Waals surface area (Å²) >= 11 is 5.77. The molecule has 1 atom stereocenters. The Morgan fingerprint density at radius 3 is 2.79 bits per heavy atom. The molecule has 0 unspecified atom stereocenters. The average molecular weight is 419 g/mol. The Balaban J connectivity index is 1.57. The number of anilines is 2. The fraction of sp³-hybridized carbons (Fsp3) is 0.286. The molecule has 1 fully saturated rings. The van der Waals surface area contributed by atoms with E-state index in [4.69, 9.17) is 16.3 Å². The summed E-state index contributed by atoms with van der Waals surface area (Å²) in [4.78, 5) is 38.2. The van der Waals surface area contributed by atoms with Crippen molar-refractivity contribution in [3.8, 4) is 0 Å². The monoisotopic (exact) mass is 418 g/mol. The van der Waals surface area contributed by atoms with Gasteiger partial charge in [-0.05, 0) is 36.2 Å². The Bertz CT molecular complexity index is 950. The van der Waals surface area contributed by atoms with Gasteiger partial charge in [0.1, 0.15) is 5.82 Å². The predicted molar refractivity (Wildman–Crippen MR) is 107 cm³/mol. The first-order valence-electron chi connectivity index (χ1n) is 9.18. The van der Waals surface area contributed by atoms with Crippen LogP contribution in [0.1, 0.15) is 18.9 Å². The second-order valence-corrected chi connectivity index (χ2v) is 7.10. The fourth-order valence-electron chi connectivity index (χ4n) is 3.21. The number of amides is 2. The van der Waals surface area contributed by atoms with Gasteiger partial charge in [-0.1, -0.05) is 36.7 Å². The number of aryl methyl sites for hydroxylation is 1. The summed E-state index contributed by atoms with van der Waals surface area (Å²) in [5.41, 5.74) is 1.69. The number of halogens is 2. The van der Waals surface area contributed by atoms with Gasteiger partial charge in [0, 0.05) is 23.7 Å². The van der Waals surface area contributed by atoms with Gasteiger partial charge in [0.25, 0.3) is 5.91 Å². The Kier molecular flexibility index (Phi) is 6.49. The highest BCUT2D eigenvalue weighted by atomic mass is 35.5. The first-order chi connectivity index (χ1) is 13.9. The van der Waals surface area contributed by atoms with Crippen LogP contribution in [0.25, 0.3) is 0 Å². The highest BCUT2D eigenvalue weighted by Gasteiger charge is 2.37. The summed E-state index contributed by atoms with van der Waals surface area (Å²) in [5, 5.41) is 2.56. The highest BCUT2D eigenvalue weighted by Crippen LogP contribution is 2.29. The molecule has 8 heteroatoms. The maximum absolute atomic E-state index is 13.7. The second-order valence-electron chi connectivity index (χ2n) is 6.67. The molecule has 1 saturated heterocycles. The minimum absolute atomic E-state index is 0.0153. The maximum atomic E-state index is 13.7. The van der Waals surface area contributed by atoms with Crippen molar-refractivity contribution in [1.29, 1.82) is 0 Å². The van der Waals surface area contributed by atoms with Crippen LogP contribution in [0.2, 0.25) is 5.02 Å². The van der Waals surface area contributed by atoms with E-state index in [0.29, 0.717) is 0 Å². The Labute approximate surface area is 172 Å². The van der Waals surface area contributed by atoms with E-state index in [1.165, 1.54) is 12.1 Å². The van der Waals surface area contributed by atoms with E-state index in [2.05, 4.69) is 5.32 Å². The molecule has 2 aromatic carbocycles. The van der Waals surface area contributed by atoms with Crippen LogP contribution in [0.5, 0.6) is 0 Å². The molecule has 1 N–H and O–H groups in total. The molecule has 29 heavy (non-hydrogen) atoms. The third-order valence-corrected chi connectivity index (χ3v) is 4.90. The van der Waals surface area contributed by atoms with Crippen LogP contribution in [-0.4, -0.2) is 30.9 Å². The first-order valence-corrected chi connectivity index (χ1v) is 9.56. The zero-order chi connectivity index (χ0) is 21.0. The van der Waals surface area contributed by atoms with Crippen LogP contribution in [0.3, 0.4) is 0 Å².